The molecule has 64 valence electrons. The van der Waals surface area contributed by atoms with Crippen LogP contribution in [-0.2, 0) is 0 Å². The number of hydrogen-bond donors (Lipinski definition) is 2. The third-order valence-electron chi connectivity index (χ3n) is 0.933. The summed E-state index contributed by atoms with van der Waals surface area (Å²) >= 11 is 0. The largest absolute Gasteiger partial charge is 0.477 e. The molecular formula is C7H14N2O2. The number of carbonyl (C=O) groups is 1. The molecule has 0 atom stereocenters. The van der Waals surface area contributed by atoms with Crippen LogP contribution in [0.2, 0.25) is 0 Å². The molecule has 11 heavy (non-hydrogen) atoms. The maximum atomic E-state index is 10.1. The Bertz CT molecular complexity index is 230. The minimum Gasteiger partial charge on any atom is -0.477 e. The number of aromatic carboxylic acids is 1. The quantitative estimate of drug-likeness (QED) is 0.653. The van der Waals surface area contributed by atoms with E-state index < -0.39 is 5.97 Å². The molecule has 0 spiro atoms. The summed E-state index contributed by atoms with van der Waals surface area (Å²) in [4.78, 5) is 16.4. The zero-order valence-electron chi connectivity index (χ0n) is 4.88. The third-order valence-corrected chi connectivity index (χ3v) is 0.933. The normalized spacial score (nSPS) is 7.73. The smallest absolute Gasteiger partial charge is 0.353 e. The Kier molecular flexibility index (Phi) is 5.05. The lowest BCUT2D eigenvalue weighted by molar-refractivity contribution is 0.0691. The second kappa shape index (κ2) is 4.49. The van der Waals surface area contributed by atoms with Gasteiger partial charge in [0.25, 0.3) is 0 Å². The minimum absolute atomic E-state index is 0. The van der Waals surface area contributed by atoms with Crippen molar-refractivity contribution >= 4 is 5.97 Å². The summed E-state index contributed by atoms with van der Waals surface area (Å²) in [6, 6.07) is 0. The summed E-state index contributed by atoms with van der Waals surface area (Å²) in [6.07, 6.45) is 1.29. The lowest BCUT2D eigenvalue weighted by Gasteiger charge is -1.81. The Hall–Kier alpha value is -1.32. The van der Waals surface area contributed by atoms with E-state index >= 15 is 0 Å². The molecule has 0 aliphatic heterocycles. The number of aromatic nitrogens is 2. The van der Waals surface area contributed by atoms with Crippen LogP contribution in [0.4, 0.5) is 0 Å². The van der Waals surface area contributed by atoms with Crippen molar-refractivity contribution in [2.24, 2.45) is 0 Å². The number of rotatable bonds is 1. The van der Waals surface area contributed by atoms with E-state index in [1.165, 1.54) is 6.20 Å². The molecule has 0 bridgehead atoms. The second-order valence-electron chi connectivity index (χ2n) is 1.69. The van der Waals surface area contributed by atoms with E-state index in [-0.39, 0.29) is 20.5 Å². The number of H-pyrrole nitrogens is 1. The highest BCUT2D eigenvalue weighted by atomic mass is 16.4. The molecule has 0 saturated carbocycles. The molecule has 1 aromatic rings. The van der Waals surface area contributed by atoms with Gasteiger partial charge in [0, 0.05) is 0 Å². The average molecular weight is 158 g/mol. The zero-order chi connectivity index (χ0) is 6.85. The van der Waals surface area contributed by atoms with Crippen LogP contribution in [0.5, 0.6) is 0 Å². The second-order valence-corrected chi connectivity index (χ2v) is 1.69. The maximum absolute atomic E-state index is 10.1. The monoisotopic (exact) mass is 158 g/mol. The molecule has 0 saturated heterocycles. The van der Waals surface area contributed by atoms with Crippen LogP contribution in [0.1, 0.15) is 31.2 Å². The van der Waals surface area contributed by atoms with Crippen molar-refractivity contribution < 1.29 is 9.90 Å². The van der Waals surface area contributed by atoms with Crippen molar-refractivity contribution in [2.45, 2.75) is 21.8 Å². The number of carboxylic acids is 1. The molecule has 0 radical (unpaired) electrons. The lowest BCUT2D eigenvalue weighted by atomic mass is 10.5. The zero-order valence-corrected chi connectivity index (χ0v) is 4.88. The van der Waals surface area contributed by atoms with Crippen LogP contribution in [0.25, 0.3) is 0 Å². The Morgan fingerprint density at radius 1 is 1.64 bits per heavy atom. The highest BCUT2D eigenvalue weighted by molar-refractivity contribution is 5.84. The van der Waals surface area contributed by atoms with Crippen molar-refractivity contribution in [2.75, 3.05) is 0 Å². The maximum Gasteiger partial charge on any atom is 0.353 e. The van der Waals surface area contributed by atoms with Gasteiger partial charge in [0.15, 0.2) is 0 Å². The summed E-state index contributed by atoms with van der Waals surface area (Å²) in [5, 5.41) is 8.33. The van der Waals surface area contributed by atoms with Gasteiger partial charge in [-0.2, -0.15) is 0 Å². The first-order valence-electron chi connectivity index (χ1n) is 2.45. The minimum atomic E-state index is -0.976. The molecule has 1 rings (SSSR count). The predicted octanol–water partition coefficient (Wildman–Crippen LogP) is 1.69. The van der Waals surface area contributed by atoms with Gasteiger partial charge in [-0.25, -0.2) is 9.78 Å². The number of nitrogens with one attached hydrogen (secondary N) is 1. The van der Waals surface area contributed by atoms with Crippen molar-refractivity contribution in [3.05, 3.63) is 17.7 Å². The topological polar surface area (TPSA) is 66.0 Å². The van der Waals surface area contributed by atoms with Gasteiger partial charge >= 0.3 is 5.97 Å². The summed E-state index contributed by atoms with van der Waals surface area (Å²) in [6.45, 7) is 1.70. The fraction of sp³-hybridized carbons (Fsp3) is 0.429. The summed E-state index contributed by atoms with van der Waals surface area (Å²) < 4.78 is 0. The van der Waals surface area contributed by atoms with Gasteiger partial charge in [-0.1, -0.05) is 14.9 Å². The Labute approximate surface area is 66.3 Å². The summed E-state index contributed by atoms with van der Waals surface area (Å²) in [5.41, 5.74) is 0.132. The van der Waals surface area contributed by atoms with Gasteiger partial charge in [0.2, 0.25) is 0 Å². The van der Waals surface area contributed by atoms with Crippen LogP contribution in [0, 0.1) is 6.92 Å². The summed E-state index contributed by atoms with van der Waals surface area (Å²) in [7, 11) is 0. The molecule has 0 aliphatic rings. The van der Waals surface area contributed by atoms with Gasteiger partial charge in [-0.05, 0) is 6.92 Å². The Morgan fingerprint density at radius 3 is 2.36 bits per heavy atom. The van der Waals surface area contributed by atoms with E-state index in [0.29, 0.717) is 5.82 Å². The third kappa shape index (κ3) is 2.84. The van der Waals surface area contributed by atoms with E-state index in [1.54, 1.807) is 6.92 Å². The molecule has 2 N–H and O–H groups in total. The average Bonchev–Trinajstić information content (AvgIpc) is 2.14. The molecular weight excluding hydrogens is 144 g/mol. The molecule has 1 aromatic heterocycles. The molecule has 4 heteroatoms. The molecule has 0 aliphatic carbocycles. The fourth-order valence-corrected chi connectivity index (χ4v) is 0.530. The van der Waals surface area contributed by atoms with Crippen LogP contribution in [0.3, 0.4) is 0 Å². The number of nitrogens with zero attached hydrogens (tertiary/aromatic N) is 1. The molecule has 0 unspecified atom stereocenters. The highest BCUT2D eigenvalue weighted by Crippen LogP contribution is 1.93. The van der Waals surface area contributed by atoms with Crippen LogP contribution < -0.4 is 0 Å². The van der Waals surface area contributed by atoms with Crippen molar-refractivity contribution in [1.29, 1.82) is 0 Å². The first-order valence-corrected chi connectivity index (χ1v) is 2.45. The van der Waals surface area contributed by atoms with Crippen molar-refractivity contribution in [3.8, 4) is 0 Å². The van der Waals surface area contributed by atoms with Crippen LogP contribution >= 0.6 is 0 Å². The van der Waals surface area contributed by atoms with Crippen molar-refractivity contribution in [3.63, 3.8) is 0 Å². The van der Waals surface area contributed by atoms with E-state index in [2.05, 4.69) is 9.97 Å². The molecule has 0 fully saturated rings. The molecule has 0 amide bonds. The molecule has 4 nitrogen and oxygen atoms in total. The van der Waals surface area contributed by atoms with Gasteiger partial charge in [0.1, 0.15) is 11.5 Å². The molecule has 1 heterocycles. The number of hydrogen-bond acceptors (Lipinski definition) is 2. The highest BCUT2D eigenvalue weighted by Gasteiger charge is 2.02. The fourth-order valence-electron chi connectivity index (χ4n) is 0.530. The number of aromatic amines is 1. The lowest BCUT2D eigenvalue weighted by Crippen LogP contribution is -1.95. The summed E-state index contributed by atoms with van der Waals surface area (Å²) in [5.74, 6) is -0.358. The number of carboxylic acid groups (broad SMARTS) is 1. The standard InChI is InChI=1S/C5H6N2O2.2CH4/c1-3-6-2-4(7-3)5(8)9;;/h2H,1H3,(H,6,7)(H,8,9);2*1H4. The van der Waals surface area contributed by atoms with E-state index in [4.69, 9.17) is 5.11 Å². The number of imidazole rings is 1. The Balaban J connectivity index is 0. The van der Waals surface area contributed by atoms with E-state index in [1.807, 2.05) is 0 Å². The SMILES string of the molecule is C.C.Cc1ncc(C(=O)O)[nH]1. The van der Waals surface area contributed by atoms with Gasteiger partial charge < -0.3 is 10.1 Å². The van der Waals surface area contributed by atoms with Crippen LogP contribution in [-0.4, -0.2) is 21.0 Å². The van der Waals surface area contributed by atoms with Gasteiger partial charge in [-0.3, -0.25) is 0 Å². The predicted molar refractivity (Wildman–Crippen MR) is 43.7 cm³/mol. The number of aryl methyl sites for hydroxylation is 1. The van der Waals surface area contributed by atoms with E-state index in [9.17, 15) is 4.79 Å². The van der Waals surface area contributed by atoms with E-state index in [0.717, 1.165) is 0 Å². The first kappa shape index (κ1) is 12.4. The Morgan fingerprint density at radius 2 is 2.18 bits per heavy atom. The molecule has 0 aromatic carbocycles. The first-order chi connectivity index (χ1) is 4.20. The van der Waals surface area contributed by atoms with Gasteiger partial charge in [0.05, 0.1) is 6.20 Å². The van der Waals surface area contributed by atoms with Crippen LogP contribution in [0.15, 0.2) is 6.20 Å². The van der Waals surface area contributed by atoms with Gasteiger partial charge in [-0.15, -0.1) is 0 Å². The van der Waals surface area contributed by atoms with Crippen molar-refractivity contribution in [1.82, 2.24) is 9.97 Å².